The van der Waals surface area contributed by atoms with Gasteiger partial charge in [0.2, 0.25) is 0 Å². The second-order valence-corrected chi connectivity index (χ2v) is 5.62. The van der Waals surface area contributed by atoms with E-state index in [1.165, 1.54) is 0 Å². The Balaban J connectivity index is 2.29. The van der Waals surface area contributed by atoms with E-state index in [9.17, 15) is 4.79 Å². The third-order valence-electron chi connectivity index (χ3n) is 3.76. The van der Waals surface area contributed by atoms with Gasteiger partial charge in [0.15, 0.2) is 5.02 Å². The lowest BCUT2D eigenvalue weighted by Gasteiger charge is -2.24. The number of hydrogen-bond donors (Lipinski definition) is 0. The van der Waals surface area contributed by atoms with E-state index in [1.807, 2.05) is 72.6 Å². The van der Waals surface area contributed by atoms with Gasteiger partial charge in [-0.15, -0.1) is 0 Å². The van der Waals surface area contributed by atoms with Crippen LogP contribution in [0.5, 0.6) is 0 Å². The van der Waals surface area contributed by atoms with Crippen molar-refractivity contribution >= 4 is 23.0 Å². The number of rotatable bonds is 3. The van der Waals surface area contributed by atoms with Crippen LogP contribution in [0.15, 0.2) is 69.9 Å². The number of nitrogens with zero attached hydrogens (tertiary/aromatic N) is 1. The van der Waals surface area contributed by atoms with Gasteiger partial charge in [0.1, 0.15) is 5.76 Å². The second-order valence-electron chi connectivity index (χ2n) is 5.24. The molecule has 0 saturated heterocycles. The summed E-state index contributed by atoms with van der Waals surface area (Å²) in [5.74, 6) is 0.545. The number of hydrogen-bond acceptors (Lipinski definition) is 3. The monoisotopic (exact) mass is 325 g/mol. The molecule has 0 bridgehead atoms. The Hall–Kier alpha value is -2.52. The van der Waals surface area contributed by atoms with Crippen LogP contribution >= 0.6 is 11.6 Å². The van der Waals surface area contributed by atoms with Crippen molar-refractivity contribution in [2.75, 3.05) is 11.9 Å². The third-order valence-corrected chi connectivity index (χ3v) is 4.10. The van der Waals surface area contributed by atoms with E-state index in [0.717, 1.165) is 16.8 Å². The molecule has 0 unspecified atom stereocenters. The fourth-order valence-electron chi connectivity index (χ4n) is 2.65. The van der Waals surface area contributed by atoms with Crippen LogP contribution in [0.4, 0.5) is 11.4 Å². The minimum absolute atomic E-state index is 0.0841. The van der Waals surface area contributed by atoms with Crippen molar-refractivity contribution < 1.29 is 4.42 Å². The Morgan fingerprint density at radius 1 is 0.957 bits per heavy atom. The van der Waals surface area contributed by atoms with E-state index in [2.05, 4.69) is 0 Å². The predicted octanol–water partition coefficient (Wildman–Crippen LogP) is 5.04. The Morgan fingerprint density at radius 2 is 1.52 bits per heavy atom. The molecule has 1 heterocycles. The van der Waals surface area contributed by atoms with Crippen molar-refractivity contribution in [1.29, 1.82) is 0 Å². The van der Waals surface area contributed by atoms with E-state index in [1.54, 1.807) is 6.92 Å². The molecule has 1 aromatic heterocycles. The first-order valence-corrected chi connectivity index (χ1v) is 7.65. The molecule has 4 heteroatoms. The van der Waals surface area contributed by atoms with Crippen LogP contribution in [-0.4, -0.2) is 7.05 Å². The smallest absolute Gasteiger partial charge is 0.357 e. The molecule has 2 aromatic carbocycles. The van der Waals surface area contributed by atoms with Crippen molar-refractivity contribution in [2.45, 2.75) is 6.92 Å². The first-order chi connectivity index (χ1) is 11.1. The third kappa shape index (κ3) is 2.88. The number of benzene rings is 2. The maximum absolute atomic E-state index is 12.1. The van der Waals surface area contributed by atoms with E-state index < -0.39 is 5.63 Å². The lowest BCUT2D eigenvalue weighted by molar-refractivity contribution is 0.483. The molecule has 3 nitrogen and oxygen atoms in total. The van der Waals surface area contributed by atoms with Gasteiger partial charge in [-0.3, -0.25) is 0 Å². The van der Waals surface area contributed by atoms with Gasteiger partial charge < -0.3 is 9.32 Å². The van der Waals surface area contributed by atoms with Gasteiger partial charge in [-0.2, -0.15) is 0 Å². The fourth-order valence-corrected chi connectivity index (χ4v) is 2.91. The van der Waals surface area contributed by atoms with Gasteiger partial charge in [0, 0.05) is 18.3 Å². The molecule has 3 rings (SSSR count). The summed E-state index contributed by atoms with van der Waals surface area (Å²) < 4.78 is 5.31. The molecule has 0 amide bonds. The SMILES string of the molecule is Cc1oc(=O)c(Cl)c(N(C)c2ccccc2)c1-c1ccccc1. The van der Waals surface area contributed by atoms with Gasteiger partial charge >= 0.3 is 5.63 Å². The Kier molecular flexibility index (Phi) is 4.22. The number of anilines is 2. The molecule has 0 saturated carbocycles. The highest BCUT2D eigenvalue weighted by Crippen LogP contribution is 2.39. The summed E-state index contributed by atoms with van der Waals surface area (Å²) in [6, 6.07) is 19.6. The number of para-hydroxylation sites is 1. The summed E-state index contributed by atoms with van der Waals surface area (Å²) in [6.45, 7) is 1.78. The largest absolute Gasteiger partial charge is 0.426 e. The van der Waals surface area contributed by atoms with Crippen LogP contribution in [-0.2, 0) is 0 Å². The molecule has 0 aliphatic carbocycles. The van der Waals surface area contributed by atoms with Crippen LogP contribution in [0, 0.1) is 6.92 Å². The summed E-state index contributed by atoms with van der Waals surface area (Å²) in [4.78, 5) is 14.0. The van der Waals surface area contributed by atoms with E-state index in [0.29, 0.717) is 11.4 Å². The average Bonchev–Trinajstić information content (AvgIpc) is 2.59. The normalized spacial score (nSPS) is 10.6. The topological polar surface area (TPSA) is 33.5 Å². The standard InChI is InChI=1S/C19H16ClNO2/c1-13-16(14-9-5-3-6-10-14)18(17(20)19(22)23-13)21(2)15-11-7-4-8-12-15/h3-12H,1-2H3. The lowest BCUT2D eigenvalue weighted by Crippen LogP contribution is -2.16. The molecular weight excluding hydrogens is 310 g/mol. The predicted molar refractivity (Wildman–Crippen MR) is 94.7 cm³/mol. The van der Waals surface area contributed by atoms with Crippen molar-refractivity contribution in [3.05, 3.63) is 81.9 Å². The van der Waals surface area contributed by atoms with Crippen LogP contribution in [0.25, 0.3) is 11.1 Å². The zero-order chi connectivity index (χ0) is 16.4. The van der Waals surface area contributed by atoms with E-state index in [-0.39, 0.29) is 5.02 Å². The zero-order valence-electron chi connectivity index (χ0n) is 12.9. The van der Waals surface area contributed by atoms with Crippen LogP contribution in [0.2, 0.25) is 5.02 Å². The molecule has 0 radical (unpaired) electrons. The lowest BCUT2D eigenvalue weighted by atomic mass is 10.0. The molecule has 0 fully saturated rings. The quantitative estimate of drug-likeness (QED) is 0.676. The van der Waals surface area contributed by atoms with Crippen molar-refractivity contribution in [2.24, 2.45) is 0 Å². The van der Waals surface area contributed by atoms with Gasteiger partial charge in [0.25, 0.3) is 0 Å². The molecule has 23 heavy (non-hydrogen) atoms. The highest BCUT2D eigenvalue weighted by atomic mass is 35.5. The minimum Gasteiger partial charge on any atom is -0.426 e. The van der Waals surface area contributed by atoms with Crippen molar-refractivity contribution in [3.63, 3.8) is 0 Å². The second kappa shape index (κ2) is 6.31. The Labute approximate surface area is 139 Å². The van der Waals surface area contributed by atoms with Crippen molar-refractivity contribution in [1.82, 2.24) is 0 Å². The molecule has 0 aliphatic rings. The molecule has 3 aromatic rings. The average molecular weight is 326 g/mol. The number of aryl methyl sites for hydroxylation is 1. The van der Waals surface area contributed by atoms with Crippen LogP contribution in [0.1, 0.15) is 5.76 Å². The van der Waals surface area contributed by atoms with Crippen molar-refractivity contribution in [3.8, 4) is 11.1 Å². The first-order valence-electron chi connectivity index (χ1n) is 7.27. The summed E-state index contributed by atoms with van der Waals surface area (Å²) in [6.07, 6.45) is 0. The summed E-state index contributed by atoms with van der Waals surface area (Å²) >= 11 is 6.32. The van der Waals surface area contributed by atoms with Gasteiger partial charge in [-0.25, -0.2) is 4.79 Å². The van der Waals surface area contributed by atoms with E-state index in [4.69, 9.17) is 16.0 Å². The molecule has 0 aliphatic heterocycles. The van der Waals surface area contributed by atoms with Gasteiger partial charge in [0.05, 0.1) is 5.69 Å². The summed E-state index contributed by atoms with van der Waals surface area (Å²) in [5.41, 5.74) is 2.84. The minimum atomic E-state index is -0.526. The summed E-state index contributed by atoms with van der Waals surface area (Å²) in [5, 5.41) is 0.0841. The maximum atomic E-state index is 12.1. The highest BCUT2D eigenvalue weighted by Gasteiger charge is 2.21. The molecule has 0 atom stereocenters. The Bertz CT molecular complexity index is 873. The highest BCUT2D eigenvalue weighted by molar-refractivity contribution is 6.34. The molecule has 116 valence electrons. The molecule has 0 spiro atoms. The van der Waals surface area contributed by atoms with Gasteiger partial charge in [-0.1, -0.05) is 60.1 Å². The van der Waals surface area contributed by atoms with Gasteiger partial charge in [-0.05, 0) is 24.6 Å². The summed E-state index contributed by atoms with van der Waals surface area (Å²) in [7, 11) is 1.89. The van der Waals surface area contributed by atoms with Crippen LogP contribution < -0.4 is 10.5 Å². The van der Waals surface area contributed by atoms with Crippen LogP contribution in [0.3, 0.4) is 0 Å². The zero-order valence-corrected chi connectivity index (χ0v) is 13.7. The Morgan fingerprint density at radius 3 is 2.13 bits per heavy atom. The molecular formula is C19H16ClNO2. The fraction of sp³-hybridized carbons (Fsp3) is 0.105. The maximum Gasteiger partial charge on any atom is 0.357 e. The molecule has 0 N–H and O–H groups in total. The van der Waals surface area contributed by atoms with E-state index >= 15 is 0 Å². The number of halogens is 1. The first kappa shape index (κ1) is 15.4.